The average molecular weight is 290 g/mol. The summed E-state index contributed by atoms with van der Waals surface area (Å²) < 4.78 is 103. The Morgan fingerprint density at radius 2 is 1.58 bits per heavy atom. The standard InChI is InChI=1S/C14H22BO3P/c1-13(2)14(3,4)18-15(17-13)11-7-9-12(10-8-11)19(5,6)16/h7-10H,1-6H3/i5D3,6D3,7D,8D,9D,10D. The van der Waals surface area contributed by atoms with E-state index in [0.29, 0.717) is 0 Å². The monoisotopic (exact) mass is 290 g/mol. The molecule has 1 aliphatic rings. The largest absolute Gasteiger partial charge is 0.494 e. The summed E-state index contributed by atoms with van der Waals surface area (Å²) in [6.45, 7) is -0.224. The smallest absolute Gasteiger partial charge is 0.399 e. The molecule has 5 heteroatoms. The molecule has 0 spiro atoms. The molecule has 104 valence electrons. The predicted molar refractivity (Wildman–Crippen MR) is 81.2 cm³/mol. The van der Waals surface area contributed by atoms with Gasteiger partial charge >= 0.3 is 7.12 Å². The lowest BCUT2D eigenvalue weighted by molar-refractivity contribution is 0.00578. The van der Waals surface area contributed by atoms with E-state index in [4.69, 9.17) is 23.0 Å². The third-order valence-electron chi connectivity index (χ3n) is 3.43. The highest BCUT2D eigenvalue weighted by Crippen LogP contribution is 2.37. The highest BCUT2D eigenvalue weighted by atomic mass is 31.2. The normalized spacial score (nSPS) is 30.6. The van der Waals surface area contributed by atoms with Gasteiger partial charge in [-0.2, -0.15) is 0 Å². The molecule has 0 N–H and O–H groups in total. The first kappa shape index (κ1) is 6.47. The molecule has 3 nitrogen and oxygen atoms in total. The molecule has 19 heavy (non-hydrogen) atoms. The molecule has 1 aliphatic heterocycles. The second kappa shape index (κ2) is 4.48. The van der Waals surface area contributed by atoms with Gasteiger partial charge in [-0.15, -0.1) is 0 Å². The molecule has 0 aromatic heterocycles. The van der Waals surface area contributed by atoms with Gasteiger partial charge in [0.25, 0.3) is 0 Å². The minimum Gasteiger partial charge on any atom is -0.399 e. The summed E-state index contributed by atoms with van der Waals surface area (Å²) in [6, 6.07) is -3.50. The van der Waals surface area contributed by atoms with Crippen LogP contribution in [0.1, 0.15) is 41.4 Å². The van der Waals surface area contributed by atoms with Crippen LogP contribution in [0.5, 0.6) is 0 Å². The highest BCUT2D eigenvalue weighted by Gasteiger charge is 2.51. The third kappa shape index (κ3) is 2.81. The quantitative estimate of drug-likeness (QED) is 0.619. The van der Waals surface area contributed by atoms with E-state index in [1.54, 1.807) is 27.7 Å². The second-order valence-electron chi connectivity index (χ2n) is 5.46. The Bertz CT molecular complexity index is 830. The van der Waals surface area contributed by atoms with Gasteiger partial charge in [-0.25, -0.2) is 0 Å². The Balaban J connectivity index is 2.83. The van der Waals surface area contributed by atoms with Crippen LogP contribution in [0.25, 0.3) is 0 Å². The van der Waals surface area contributed by atoms with Crippen molar-refractivity contribution >= 4 is 25.0 Å². The Morgan fingerprint density at radius 3 is 2.00 bits per heavy atom. The Kier molecular flexibility index (Phi) is 1.52. The molecule has 0 bridgehead atoms. The summed E-state index contributed by atoms with van der Waals surface area (Å²) in [5.41, 5.74) is -2.02. The number of rotatable bonds is 2. The first-order chi connectivity index (χ1) is 12.7. The minimum absolute atomic E-state index is 0.315. The van der Waals surface area contributed by atoms with Gasteiger partial charge in [0, 0.05) is 13.5 Å². The van der Waals surface area contributed by atoms with Crippen LogP contribution in [0.2, 0.25) is 0 Å². The van der Waals surface area contributed by atoms with Crippen LogP contribution >= 0.6 is 7.14 Å². The SMILES string of the molecule is [2H]c1c([2H])c(P(=O)(C([2H])([2H])[2H])C([2H])([2H])[2H])c([2H])c([2H])c1B1OC(C)(C)C(C)(C)O1. The van der Waals surface area contributed by atoms with Crippen molar-refractivity contribution in [2.24, 2.45) is 0 Å². The molecule has 1 heterocycles. The van der Waals surface area contributed by atoms with Crippen LogP contribution in [-0.2, 0) is 13.9 Å². The van der Waals surface area contributed by atoms with Crippen LogP contribution in [-0.4, -0.2) is 31.5 Å². The number of benzene rings is 1. The van der Waals surface area contributed by atoms with E-state index in [1.807, 2.05) is 0 Å². The Labute approximate surface area is 130 Å². The summed E-state index contributed by atoms with van der Waals surface area (Å²) >= 11 is 0. The van der Waals surface area contributed by atoms with Crippen LogP contribution in [0, 0.1) is 0 Å². The van der Waals surface area contributed by atoms with Crippen molar-refractivity contribution in [3.8, 4) is 0 Å². The lowest BCUT2D eigenvalue weighted by Crippen LogP contribution is -2.41. The van der Waals surface area contributed by atoms with Gasteiger partial charge in [-0.1, -0.05) is 24.2 Å². The second-order valence-corrected chi connectivity index (χ2v) is 7.13. The molecule has 0 saturated carbocycles. The third-order valence-corrected chi connectivity index (χ3v) is 4.29. The molecular weight excluding hydrogens is 258 g/mol. The summed E-state index contributed by atoms with van der Waals surface area (Å²) in [7, 11) is -6.67. The lowest BCUT2D eigenvalue weighted by atomic mass is 9.79. The molecule has 1 fully saturated rings. The van der Waals surface area contributed by atoms with E-state index in [1.165, 1.54) is 0 Å². The highest BCUT2D eigenvalue weighted by molar-refractivity contribution is 7.70. The summed E-state index contributed by atoms with van der Waals surface area (Å²) in [5.74, 6) is 0. The van der Waals surface area contributed by atoms with Crippen molar-refractivity contribution in [3.63, 3.8) is 0 Å². The van der Waals surface area contributed by atoms with Crippen molar-refractivity contribution in [2.75, 3.05) is 13.2 Å². The van der Waals surface area contributed by atoms with Crippen molar-refractivity contribution < 1.29 is 27.6 Å². The fraction of sp³-hybridized carbons (Fsp3) is 0.571. The van der Waals surface area contributed by atoms with Crippen LogP contribution in [0.4, 0.5) is 0 Å². The number of hydrogen-bond acceptors (Lipinski definition) is 3. The lowest BCUT2D eigenvalue weighted by Gasteiger charge is -2.32. The molecular formula is C14H22BO3P. The van der Waals surface area contributed by atoms with Gasteiger partial charge in [-0.3, -0.25) is 0 Å². The molecule has 0 amide bonds. The molecule has 0 radical (unpaired) electrons. The van der Waals surface area contributed by atoms with E-state index in [9.17, 15) is 4.57 Å². The summed E-state index contributed by atoms with van der Waals surface area (Å²) in [5, 5.41) is -1.12. The predicted octanol–water partition coefficient (Wildman–Crippen LogP) is 2.23. The maximum absolute atomic E-state index is 13.2. The Morgan fingerprint density at radius 1 is 1.11 bits per heavy atom. The van der Waals surface area contributed by atoms with Crippen LogP contribution in [0.3, 0.4) is 0 Å². The van der Waals surface area contributed by atoms with E-state index >= 15 is 0 Å². The molecule has 0 unspecified atom stereocenters. The molecule has 2 rings (SSSR count). The molecule has 0 atom stereocenters. The maximum atomic E-state index is 13.2. The minimum atomic E-state index is -5.37. The van der Waals surface area contributed by atoms with Crippen molar-refractivity contribution in [1.29, 1.82) is 0 Å². The van der Waals surface area contributed by atoms with E-state index in [-0.39, 0.29) is 5.46 Å². The van der Waals surface area contributed by atoms with Crippen molar-refractivity contribution in [1.82, 2.24) is 0 Å². The number of hydrogen-bond donors (Lipinski definition) is 0. The average Bonchev–Trinajstić information content (AvgIpc) is 2.71. The topological polar surface area (TPSA) is 35.5 Å². The van der Waals surface area contributed by atoms with Crippen molar-refractivity contribution in [2.45, 2.75) is 38.9 Å². The van der Waals surface area contributed by atoms with Gasteiger partial charge in [0.05, 0.1) is 16.7 Å². The fourth-order valence-electron chi connectivity index (χ4n) is 1.55. The van der Waals surface area contributed by atoms with Crippen LogP contribution < -0.4 is 10.8 Å². The van der Waals surface area contributed by atoms with Gasteiger partial charge in [0.2, 0.25) is 0 Å². The van der Waals surface area contributed by atoms with Gasteiger partial charge in [0.1, 0.15) is 7.14 Å². The summed E-state index contributed by atoms with van der Waals surface area (Å²) in [6.07, 6.45) is 0. The van der Waals surface area contributed by atoms with E-state index < -0.39 is 68.1 Å². The van der Waals surface area contributed by atoms with Crippen LogP contribution in [0.15, 0.2) is 24.2 Å². The molecule has 1 aromatic carbocycles. The molecule has 0 aliphatic carbocycles. The van der Waals surface area contributed by atoms with Gasteiger partial charge in [0.15, 0.2) is 0 Å². The van der Waals surface area contributed by atoms with Gasteiger partial charge in [-0.05, 0) is 46.3 Å². The van der Waals surface area contributed by atoms with E-state index in [2.05, 4.69) is 0 Å². The van der Waals surface area contributed by atoms with Gasteiger partial charge < -0.3 is 13.9 Å². The summed E-state index contributed by atoms with van der Waals surface area (Å²) in [4.78, 5) is 0. The Hall–Kier alpha value is -0.565. The fourth-order valence-corrected chi connectivity index (χ4v) is 1.98. The zero-order valence-electron chi connectivity index (χ0n) is 21.2. The maximum Gasteiger partial charge on any atom is 0.494 e. The zero-order valence-corrected chi connectivity index (χ0v) is 12.1. The first-order valence-corrected chi connectivity index (χ1v) is 7.48. The molecule has 1 saturated heterocycles. The molecule has 1 aromatic rings. The van der Waals surface area contributed by atoms with Crippen molar-refractivity contribution in [3.05, 3.63) is 24.2 Å². The zero-order chi connectivity index (χ0) is 23.0. The first-order valence-electron chi connectivity index (χ1n) is 10.8. The van der Waals surface area contributed by atoms with E-state index in [0.717, 1.165) is 0 Å².